The molecule has 0 aliphatic carbocycles. The largest absolute Gasteiger partial charge is 0.497 e. The zero-order valence-corrected chi connectivity index (χ0v) is 15.0. The summed E-state index contributed by atoms with van der Waals surface area (Å²) in [4.78, 5) is 6.95. The van der Waals surface area contributed by atoms with Gasteiger partial charge >= 0.3 is 0 Å². The van der Waals surface area contributed by atoms with Crippen molar-refractivity contribution in [3.63, 3.8) is 0 Å². The number of nitrogens with zero attached hydrogens (tertiary/aromatic N) is 2. The summed E-state index contributed by atoms with van der Waals surface area (Å²) < 4.78 is 20.5. The number of rotatable bonds is 4. The zero-order valence-electron chi connectivity index (χ0n) is 15.0. The average molecular weight is 350 g/mol. The molecule has 2 aromatic carbocycles. The molecule has 1 fully saturated rings. The molecule has 4 rings (SSSR count). The average Bonchev–Trinajstić information content (AvgIpc) is 2.68. The van der Waals surface area contributed by atoms with Crippen LogP contribution in [-0.2, 0) is 6.42 Å². The molecule has 3 nitrogen and oxygen atoms in total. The Kier molecular flexibility index (Phi) is 4.49. The minimum Gasteiger partial charge on any atom is -0.497 e. The second-order valence-corrected chi connectivity index (χ2v) is 7.03. The van der Waals surface area contributed by atoms with Gasteiger partial charge in [0.1, 0.15) is 17.2 Å². The first-order valence-electron chi connectivity index (χ1n) is 9.08. The van der Waals surface area contributed by atoms with E-state index in [2.05, 4.69) is 11.0 Å². The van der Waals surface area contributed by atoms with Gasteiger partial charge in [-0.05, 0) is 42.7 Å². The van der Waals surface area contributed by atoms with Crippen LogP contribution in [-0.4, -0.2) is 30.9 Å². The third kappa shape index (κ3) is 3.50. The van der Waals surface area contributed by atoms with Crippen molar-refractivity contribution in [2.24, 2.45) is 0 Å². The Labute approximate surface area is 153 Å². The van der Waals surface area contributed by atoms with Crippen LogP contribution < -0.4 is 9.64 Å². The number of halogens is 1. The third-order valence-electron chi connectivity index (χ3n) is 5.23. The predicted octanol–water partition coefficient (Wildman–Crippen LogP) is 4.79. The van der Waals surface area contributed by atoms with Crippen LogP contribution in [0.5, 0.6) is 5.75 Å². The van der Waals surface area contributed by atoms with Gasteiger partial charge in [0.15, 0.2) is 0 Å². The Hall–Kier alpha value is -2.62. The van der Waals surface area contributed by atoms with Crippen molar-refractivity contribution in [2.75, 3.05) is 25.1 Å². The van der Waals surface area contributed by atoms with Gasteiger partial charge in [0.25, 0.3) is 0 Å². The molecule has 3 aromatic rings. The van der Waals surface area contributed by atoms with E-state index in [1.165, 1.54) is 0 Å². The number of hydrogen-bond acceptors (Lipinski definition) is 3. The van der Waals surface area contributed by atoms with Gasteiger partial charge in [0.05, 0.1) is 12.6 Å². The number of aromatic nitrogens is 1. The second-order valence-electron chi connectivity index (χ2n) is 7.03. The Morgan fingerprint density at radius 1 is 1.04 bits per heavy atom. The van der Waals surface area contributed by atoms with Crippen molar-refractivity contribution in [1.29, 1.82) is 0 Å². The normalized spacial score (nSPS) is 16.6. The summed E-state index contributed by atoms with van der Waals surface area (Å²) in [7, 11) is 1.66. The molecular formula is C22H23FN2O. The molecule has 0 amide bonds. The summed E-state index contributed by atoms with van der Waals surface area (Å²) in [5.41, 5.74) is 0.848. The molecule has 1 aliphatic rings. The highest BCUT2D eigenvalue weighted by atomic mass is 19.1. The maximum Gasteiger partial charge on any atom is 0.129 e. The Morgan fingerprint density at radius 3 is 2.50 bits per heavy atom. The summed E-state index contributed by atoms with van der Waals surface area (Å²) in [5, 5.41) is 1.08. The highest BCUT2D eigenvalue weighted by Crippen LogP contribution is 2.32. The lowest BCUT2D eigenvalue weighted by Crippen LogP contribution is -2.43. The molecule has 0 radical (unpaired) electrons. The number of alkyl halides is 1. The summed E-state index contributed by atoms with van der Waals surface area (Å²) in [6.45, 7) is 1.37. The van der Waals surface area contributed by atoms with E-state index in [1.54, 1.807) is 7.11 Å². The first kappa shape index (κ1) is 16.8. The van der Waals surface area contributed by atoms with Crippen molar-refractivity contribution in [3.05, 3.63) is 66.2 Å². The second kappa shape index (κ2) is 6.94. The number of methoxy groups -OCH3 is 1. The molecule has 0 spiro atoms. The molecule has 0 N–H and O–H groups in total. The Morgan fingerprint density at radius 2 is 1.77 bits per heavy atom. The fourth-order valence-electron chi connectivity index (χ4n) is 3.66. The highest BCUT2D eigenvalue weighted by molar-refractivity contribution is 5.81. The summed E-state index contributed by atoms with van der Waals surface area (Å²) >= 11 is 0. The smallest absolute Gasteiger partial charge is 0.129 e. The first-order valence-corrected chi connectivity index (χ1v) is 9.08. The van der Waals surface area contributed by atoms with E-state index in [1.807, 2.05) is 54.6 Å². The van der Waals surface area contributed by atoms with Crippen molar-refractivity contribution >= 4 is 16.7 Å². The van der Waals surface area contributed by atoms with Gasteiger partial charge in [0, 0.05) is 31.0 Å². The van der Waals surface area contributed by atoms with Gasteiger partial charge in [-0.15, -0.1) is 0 Å². The van der Waals surface area contributed by atoms with E-state index in [4.69, 9.17) is 9.72 Å². The molecule has 1 saturated heterocycles. The van der Waals surface area contributed by atoms with Gasteiger partial charge in [-0.25, -0.2) is 9.37 Å². The molecule has 134 valence electrons. The predicted molar refractivity (Wildman–Crippen MR) is 104 cm³/mol. The molecular weight excluding hydrogens is 327 g/mol. The topological polar surface area (TPSA) is 25.4 Å². The number of benzene rings is 2. The molecule has 0 bridgehead atoms. The summed E-state index contributed by atoms with van der Waals surface area (Å²) in [6.07, 6.45) is 1.55. The van der Waals surface area contributed by atoms with E-state index in [9.17, 15) is 0 Å². The highest BCUT2D eigenvalue weighted by Gasteiger charge is 2.35. The number of piperidine rings is 1. The van der Waals surface area contributed by atoms with Crippen LogP contribution in [0.4, 0.5) is 10.2 Å². The van der Waals surface area contributed by atoms with Gasteiger partial charge in [-0.1, -0.05) is 30.3 Å². The quantitative estimate of drug-likeness (QED) is 0.676. The van der Waals surface area contributed by atoms with Crippen LogP contribution in [0.3, 0.4) is 0 Å². The maximum atomic E-state index is 15.2. The fourth-order valence-corrected chi connectivity index (χ4v) is 3.66. The van der Waals surface area contributed by atoms with Crippen LogP contribution in [0.1, 0.15) is 18.4 Å². The number of hydrogen-bond donors (Lipinski definition) is 0. The Bertz CT molecular complexity index is 889. The minimum absolute atomic E-state index is 0.490. The maximum absolute atomic E-state index is 15.2. The van der Waals surface area contributed by atoms with Crippen molar-refractivity contribution in [2.45, 2.75) is 24.9 Å². The molecule has 2 heterocycles. The minimum atomic E-state index is -1.13. The van der Waals surface area contributed by atoms with E-state index in [0.29, 0.717) is 32.4 Å². The lowest BCUT2D eigenvalue weighted by molar-refractivity contribution is 0.125. The van der Waals surface area contributed by atoms with Gasteiger partial charge in [-0.3, -0.25) is 0 Å². The van der Waals surface area contributed by atoms with E-state index in [-0.39, 0.29) is 0 Å². The van der Waals surface area contributed by atoms with E-state index < -0.39 is 5.67 Å². The standard InChI is InChI=1S/C22H23FN2O/c1-26-19-9-7-18-8-10-21(24-20(18)15-19)25-13-11-22(23,12-14-25)16-17-5-3-2-4-6-17/h2-10,15H,11-14,16H2,1H3. The number of pyridine rings is 1. The van der Waals surface area contributed by atoms with Gasteiger partial charge in [-0.2, -0.15) is 0 Å². The molecule has 0 unspecified atom stereocenters. The van der Waals surface area contributed by atoms with Crippen molar-refractivity contribution < 1.29 is 9.13 Å². The van der Waals surface area contributed by atoms with Gasteiger partial charge in [0.2, 0.25) is 0 Å². The monoisotopic (exact) mass is 350 g/mol. The van der Waals surface area contributed by atoms with Crippen LogP contribution in [0.25, 0.3) is 10.9 Å². The lowest BCUT2D eigenvalue weighted by Gasteiger charge is -2.37. The van der Waals surface area contributed by atoms with Crippen LogP contribution in [0, 0.1) is 0 Å². The molecule has 0 saturated carbocycles. The number of anilines is 1. The number of ether oxygens (including phenoxy) is 1. The Balaban J connectivity index is 1.48. The lowest BCUT2D eigenvalue weighted by atomic mass is 9.87. The summed E-state index contributed by atoms with van der Waals surface area (Å²) in [5.74, 6) is 1.71. The molecule has 26 heavy (non-hydrogen) atoms. The van der Waals surface area contributed by atoms with Crippen LogP contribution in [0.15, 0.2) is 60.7 Å². The zero-order chi connectivity index (χ0) is 18.0. The van der Waals surface area contributed by atoms with E-state index in [0.717, 1.165) is 28.0 Å². The fraction of sp³-hybridized carbons (Fsp3) is 0.318. The van der Waals surface area contributed by atoms with Gasteiger partial charge < -0.3 is 9.64 Å². The number of fused-ring (bicyclic) bond motifs is 1. The van der Waals surface area contributed by atoms with Crippen molar-refractivity contribution in [3.8, 4) is 5.75 Å². The third-order valence-corrected chi connectivity index (χ3v) is 5.23. The molecule has 1 aromatic heterocycles. The SMILES string of the molecule is COc1ccc2ccc(N3CCC(F)(Cc4ccccc4)CC3)nc2c1. The van der Waals surface area contributed by atoms with Crippen LogP contribution >= 0.6 is 0 Å². The van der Waals surface area contributed by atoms with Crippen molar-refractivity contribution in [1.82, 2.24) is 4.98 Å². The molecule has 0 atom stereocenters. The summed E-state index contributed by atoms with van der Waals surface area (Å²) in [6, 6.07) is 19.9. The van der Waals surface area contributed by atoms with Crippen LogP contribution in [0.2, 0.25) is 0 Å². The first-order chi connectivity index (χ1) is 12.6. The van der Waals surface area contributed by atoms with E-state index >= 15 is 4.39 Å². The molecule has 4 heteroatoms. The molecule has 1 aliphatic heterocycles.